The molecule has 4 nitrogen and oxygen atoms in total. The second-order valence-corrected chi connectivity index (χ2v) is 6.32. The van der Waals surface area contributed by atoms with Gasteiger partial charge in [-0.2, -0.15) is 0 Å². The van der Waals surface area contributed by atoms with Crippen molar-refractivity contribution in [2.75, 3.05) is 7.05 Å². The first-order valence-electron chi connectivity index (χ1n) is 7.57. The molecule has 0 saturated heterocycles. The number of benzene rings is 1. The topological polar surface area (TPSA) is 38.8 Å². The van der Waals surface area contributed by atoms with Crippen molar-refractivity contribution < 1.29 is 4.90 Å². The third-order valence-electron chi connectivity index (χ3n) is 3.81. The number of hydrogen-bond acceptors (Lipinski definition) is 2. The molecule has 1 unspecified atom stereocenters. The van der Waals surface area contributed by atoms with E-state index in [1.807, 2.05) is 43.3 Å². The molecule has 1 N–H and O–H groups in total. The van der Waals surface area contributed by atoms with E-state index in [4.69, 9.17) is 11.6 Å². The second-order valence-electron chi connectivity index (χ2n) is 5.89. The Balaban J connectivity index is 1.82. The van der Waals surface area contributed by atoms with Crippen molar-refractivity contribution in [2.45, 2.75) is 20.0 Å². The lowest BCUT2D eigenvalue weighted by molar-refractivity contribution is -0.908. The monoisotopic (exact) mass is 328 g/mol. The minimum absolute atomic E-state index is 0.0290. The Bertz CT molecular complexity index is 904. The maximum absolute atomic E-state index is 12.3. The first-order valence-corrected chi connectivity index (χ1v) is 7.95. The molecule has 3 aromatic rings. The van der Waals surface area contributed by atoms with E-state index in [2.05, 4.69) is 18.1 Å². The summed E-state index contributed by atoms with van der Waals surface area (Å²) in [5.74, 6) is 0. The highest BCUT2D eigenvalue weighted by Gasteiger charge is 2.10. The number of halogens is 1. The fraction of sp³-hybridized carbons (Fsp3) is 0.222. The van der Waals surface area contributed by atoms with Crippen LogP contribution in [0.25, 0.3) is 5.65 Å². The van der Waals surface area contributed by atoms with Gasteiger partial charge in [0.05, 0.1) is 7.05 Å². The number of quaternary nitrogens is 1. The van der Waals surface area contributed by atoms with Gasteiger partial charge in [0.25, 0.3) is 5.56 Å². The van der Waals surface area contributed by atoms with Gasteiger partial charge in [0.15, 0.2) is 0 Å². The number of pyridine rings is 1. The number of nitrogens with one attached hydrogen (secondary N) is 1. The third kappa shape index (κ3) is 3.60. The molecule has 1 atom stereocenters. The van der Waals surface area contributed by atoms with Crippen molar-refractivity contribution in [3.8, 4) is 0 Å². The molecule has 23 heavy (non-hydrogen) atoms. The standard InChI is InChI=1S/C18H18ClN3O/c1-13-5-3-8-17-20-16(10-18(23)22(13)17)12-21(2)11-14-6-4-7-15(19)9-14/h3-10H,11-12H2,1-2H3/p+1. The lowest BCUT2D eigenvalue weighted by atomic mass is 10.2. The van der Waals surface area contributed by atoms with Gasteiger partial charge in [-0.1, -0.05) is 29.8 Å². The maximum Gasteiger partial charge on any atom is 0.258 e. The minimum atomic E-state index is -0.0290. The van der Waals surface area contributed by atoms with Gasteiger partial charge in [-0.05, 0) is 31.2 Å². The van der Waals surface area contributed by atoms with E-state index in [9.17, 15) is 4.79 Å². The van der Waals surface area contributed by atoms with E-state index < -0.39 is 0 Å². The highest BCUT2D eigenvalue weighted by Crippen LogP contribution is 2.09. The number of rotatable bonds is 4. The quantitative estimate of drug-likeness (QED) is 0.794. The van der Waals surface area contributed by atoms with Gasteiger partial charge in [0, 0.05) is 22.3 Å². The van der Waals surface area contributed by atoms with Crippen LogP contribution < -0.4 is 10.5 Å². The van der Waals surface area contributed by atoms with Crippen LogP contribution in [0.3, 0.4) is 0 Å². The number of nitrogens with zero attached hydrogens (tertiary/aromatic N) is 2. The van der Waals surface area contributed by atoms with E-state index in [-0.39, 0.29) is 5.56 Å². The minimum Gasteiger partial charge on any atom is -0.329 e. The molecular weight excluding hydrogens is 310 g/mol. The molecule has 0 aliphatic heterocycles. The predicted octanol–water partition coefficient (Wildman–Crippen LogP) is 1.87. The van der Waals surface area contributed by atoms with Crippen LogP contribution in [-0.4, -0.2) is 16.4 Å². The lowest BCUT2D eigenvalue weighted by Crippen LogP contribution is -3.06. The summed E-state index contributed by atoms with van der Waals surface area (Å²) in [4.78, 5) is 18.2. The van der Waals surface area contributed by atoms with E-state index in [0.717, 1.165) is 23.0 Å². The van der Waals surface area contributed by atoms with Crippen LogP contribution in [0, 0.1) is 6.92 Å². The van der Waals surface area contributed by atoms with Crippen LogP contribution in [0.2, 0.25) is 5.02 Å². The number of fused-ring (bicyclic) bond motifs is 1. The Hall–Kier alpha value is -2.17. The number of aromatic nitrogens is 2. The van der Waals surface area contributed by atoms with Gasteiger partial charge in [-0.25, -0.2) is 4.98 Å². The highest BCUT2D eigenvalue weighted by atomic mass is 35.5. The first-order chi connectivity index (χ1) is 11.0. The zero-order valence-corrected chi connectivity index (χ0v) is 14.0. The number of hydrogen-bond donors (Lipinski definition) is 1. The smallest absolute Gasteiger partial charge is 0.258 e. The average molecular weight is 329 g/mol. The van der Waals surface area contributed by atoms with Crippen molar-refractivity contribution in [1.82, 2.24) is 9.38 Å². The Morgan fingerprint density at radius 3 is 2.70 bits per heavy atom. The molecule has 0 bridgehead atoms. The van der Waals surface area contributed by atoms with E-state index in [1.54, 1.807) is 10.5 Å². The molecule has 0 saturated carbocycles. The normalized spacial score (nSPS) is 12.5. The van der Waals surface area contributed by atoms with E-state index in [1.165, 1.54) is 10.5 Å². The Kier molecular flexibility index (Phi) is 4.46. The molecular formula is C18H19ClN3O+. The molecule has 5 heteroatoms. The molecule has 2 aromatic heterocycles. The Morgan fingerprint density at radius 2 is 1.91 bits per heavy atom. The van der Waals surface area contributed by atoms with Crippen LogP contribution in [0.4, 0.5) is 0 Å². The fourth-order valence-electron chi connectivity index (χ4n) is 2.82. The predicted molar refractivity (Wildman–Crippen MR) is 91.9 cm³/mol. The molecule has 0 fully saturated rings. The second kappa shape index (κ2) is 6.52. The summed E-state index contributed by atoms with van der Waals surface area (Å²) < 4.78 is 1.63. The molecule has 2 heterocycles. The molecule has 0 aliphatic carbocycles. The van der Waals surface area contributed by atoms with Crippen molar-refractivity contribution in [3.05, 3.63) is 80.9 Å². The first kappa shape index (κ1) is 15.7. The third-order valence-corrected chi connectivity index (χ3v) is 4.05. The average Bonchev–Trinajstić information content (AvgIpc) is 2.46. The Labute approximate surface area is 140 Å². The summed E-state index contributed by atoms with van der Waals surface area (Å²) in [5.41, 5.74) is 3.54. The van der Waals surface area contributed by atoms with Gasteiger partial charge < -0.3 is 4.90 Å². The van der Waals surface area contributed by atoms with Gasteiger partial charge in [0.1, 0.15) is 24.4 Å². The summed E-state index contributed by atoms with van der Waals surface area (Å²) in [5, 5.41) is 0.743. The summed E-state index contributed by atoms with van der Waals surface area (Å²) in [6.07, 6.45) is 0. The van der Waals surface area contributed by atoms with Gasteiger partial charge in [-0.15, -0.1) is 0 Å². The molecule has 3 rings (SSSR count). The van der Waals surface area contributed by atoms with Crippen molar-refractivity contribution in [1.29, 1.82) is 0 Å². The van der Waals surface area contributed by atoms with Crippen LogP contribution in [0.1, 0.15) is 17.0 Å². The van der Waals surface area contributed by atoms with Crippen molar-refractivity contribution in [2.24, 2.45) is 0 Å². The fourth-order valence-corrected chi connectivity index (χ4v) is 3.03. The van der Waals surface area contributed by atoms with Gasteiger partial charge in [0.2, 0.25) is 0 Å². The summed E-state index contributed by atoms with van der Waals surface area (Å²) in [6.45, 7) is 3.42. The maximum atomic E-state index is 12.3. The van der Waals surface area contributed by atoms with Crippen LogP contribution in [0.15, 0.2) is 53.3 Å². The van der Waals surface area contributed by atoms with Gasteiger partial charge in [-0.3, -0.25) is 9.20 Å². The SMILES string of the molecule is Cc1cccc2nc(C[NH+](C)Cc3cccc(Cl)c3)cc(=O)n12. The molecule has 0 aliphatic rings. The summed E-state index contributed by atoms with van der Waals surface area (Å²) >= 11 is 6.02. The molecule has 1 aromatic carbocycles. The van der Waals surface area contributed by atoms with Crippen molar-refractivity contribution in [3.63, 3.8) is 0 Å². The molecule has 0 spiro atoms. The van der Waals surface area contributed by atoms with Gasteiger partial charge >= 0.3 is 0 Å². The van der Waals surface area contributed by atoms with E-state index in [0.29, 0.717) is 12.2 Å². The van der Waals surface area contributed by atoms with Crippen LogP contribution in [-0.2, 0) is 13.1 Å². The van der Waals surface area contributed by atoms with Crippen LogP contribution in [0.5, 0.6) is 0 Å². The Morgan fingerprint density at radius 1 is 1.13 bits per heavy atom. The van der Waals surface area contributed by atoms with Crippen LogP contribution >= 0.6 is 11.6 Å². The molecule has 118 valence electrons. The summed E-state index contributed by atoms with van der Waals surface area (Å²) in [6, 6.07) is 15.2. The lowest BCUT2D eigenvalue weighted by Gasteiger charge is -2.14. The number of aryl methyl sites for hydroxylation is 1. The molecule has 0 radical (unpaired) electrons. The molecule has 0 amide bonds. The van der Waals surface area contributed by atoms with Crippen molar-refractivity contribution >= 4 is 17.2 Å². The zero-order chi connectivity index (χ0) is 16.4. The highest BCUT2D eigenvalue weighted by molar-refractivity contribution is 6.30. The largest absolute Gasteiger partial charge is 0.329 e. The summed E-state index contributed by atoms with van der Waals surface area (Å²) in [7, 11) is 2.08. The zero-order valence-electron chi connectivity index (χ0n) is 13.2. The van der Waals surface area contributed by atoms with E-state index >= 15 is 0 Å².